The van der Waals surface area contributed by atoms with E-state index in [4.69, 9.17) is 0 Å². The topological polar surface area (TPSA) is 67.2 Å². The summed E-state index contributed by atoms with van der Waals surface area (Å²) < 4.78 is 1.73. The normalized spacial score (nSPS) is 16.7. The molecule has 0 N–H and O–H groups in total. The van der Waals surface area contributed by atoms with Gasteiger partial charge in [-0.2, -0.15) is 4.68 Å². The van der Waals surface area contributed by atoms with Crippen molar-refractivity contribution in [3.05, 3.63) is 29.3 Å². The second kappa shape index (κ2) is 8.18. The number of nitrogens with zero attached hydrogens (tertiary/aromatic N) is 6. The highest BCUT2D eigenvalue weighted by atomic mass is 32.2. The Morgan fingerprint density at radius 2 is 1.96 bits per heavy atom. The van der Waals surface area contributed by atoms with Crippen molar-refractivity contribution in [3.8, 4) is 5.69 Å². The number of hydrogen-bond acceptors (Lipinski definition) is 6. The summed E-state index contributed by atoms with van der Waals surface area (Å²) in [5.41, 5.74) is 3.20. The van der Waals surface area contributed by atoms with E-state index in [1.165, 1.54) is 11.8 Å². The summed E-state index contributed by atoms with van der Waals surface area (Å²) in [5.74, 6) is 0.154. The van der Waals surface area contributed by atoms with Crippen molar-refractivity contribution in [1.29, 1.82) is 0 Å². The molecule has 0 unspecified atom stereocenters. The van der Waals surface area contributed by atoms with Gasteiger partial charge in [0, 0.05) is 26.2 Å². The molecule has 1 fully saturated rings. The van der Waals surface area contributed by atoms with Crippen molar-refractivity contribution in [2.75, 3.05) is 32.7 Å². The zero-order valence-electron chi connectivity index (χ0n) is 15.8. The lowest BCUT2D eigenvalue weighted by Crippen LogP contribution is -2.50. The average molecular weight is 375 g/mol. The van der Waals surface area contributed by atoms with E-state index in [9.17, 15) is 4.79 Å². The number of piperazine rings is 1. The van der Waals surface area contributed by atoms with E-state index in [1.54, 1.807) is 4.68 Å². The summed E-state index contributed by atoms with van der Waals surface area (Å²) in [4.78, 5) is 17.1. The molecule has 2 heterocycles. The van der Waals surface area contributed by atoms with Crippen LogP contribution in [0.3, 0.4) is 0 Å². The average Bonchev–Trinajstić information content (AvgIpc) is 3.11. The predicted octanol–water partition coefficient (Wildman–Crippen LogP) is 1.92. The highest BCUT2D eigenvalue weighted by Gasteiger charge is 2.26. The first-order valence-electron chi connectivity index (χ1n) is 9.03. The van der Waals surface area contributed by atoms with E-state index >= 15 is 0 Å². The third-order valence-electron chi connectivity index (χ3n) is 4.79. The maximum atomic E-state index is 12.8. The number of benzene rings is 1. The van der Waals surface area contributed by atoms with Crippen LogP contribution in [0.15, 0.2) is 23.4 Å². The molecule has 0 saturated carbocycles. The van der Waals surface area contributed by atoms with E-state index in [0.29, 0.717) is 5.16 Å². The second-order valence-electron chi connectivity index (χ2n) is 6.68. The van der Waals surface area contributed by atoms with Gasteiger partial charge in [0.15, 0.2) is 0 Å². The molecule has 1 aliphatic heterocycles. The molecule has 1 aromatic heterocycles. The van der Waals surface area contributed by atoms with Crippen molar-refractivity contribution < 1.29 is 4.79 Å². The molecule has 2 aromatic rings. The molecule has 0 radical (unpaired) electrons. The van der Waals surface area contributed by atoms with E-state index < -0.39 is 0 Å². The number of likely N-dealkylation sites (N-methyl/N-ethyl adjacent to an activating group) is 1. The quantitative estimate of drug-likeness (QED) is 0.745. The molecule has 1 saturated heterocycles. The predicted molar refractivity (Wildman–Crippen MR) is 103 cm³/mol. The number of hydrogen-bond donors (Lipinski definition) is 0. The van der Waals surface area contributed by atoms with Gasteiger partial charge in [-0.1, -0.05) is 30.8 Å². The van der Waals surface area contributed by atoms with Crippen LogP contribution < -0.4 is 0 Å². The van der Waals surface area contributed by atoms with E-state index in [-0.39, 0.29) is 11.2 Å². The zero-order valence-corrected chi connectivity index (χ0v) is 16.7. The Hall–Kier alpha value is -1.93. The molecule has 1 aliphatic rings. The summed E-state index contributed by atoms with van der Waals surface area (Å²) >= 11 is 1.42. The minimum Gasteiger partial charge on any atom is -0.339 e. The van der Waals surface area contributed by atoms with Gasteiger partial charge >= 0.3 is 0 Å². The van der Waals surface area contributed by atoms with Crippen LogP contribution in [0, 0.1) is 13.8 Å². The number of carbonyl (C=O) groups is 1. The van der Waals surface area contributed by atoms with Crippen LogP contribution in [0.25, 0.3) is 5.69 Å². The van der Waals surface area contributed by atoms with E-state index in [0.717, 1.165) is 49.5 Å². The largest absolute Gasteiger partial charge is 0.339 e. The molecular formula is C18H26N6OS. The summed E-state index contributed by atoms with van der Waals surface area (Å²) in [6.07, 6.45) is 0. The molecule has 8 heteroatoms. The molecule has 140 valence electrons. The minimum absolute atomic E-state index is 0.154. The Morgan fingerprint density at radius 1 is 1.23 bits per heavy atom. The standard InChI is InChI=1S/C18H26N6OS/c1-5-22-8-10-23(11-9-22)17(25)15(4)26-18-19-20-21-24(18)16-12-13(2)6-7-14(16)3/h6-7,12,15H,5,8-11H2,1-4H3/t15-/m1/s1. The Morgan fingerprint density at radius 3 is 2.65 bits per heavy atom. The molecular weight excluding hydrogens is 348 g/mol. The summed E-state index contributed by atoms with van der Waals surface area (Å²) in [5, 5.41) is 12.5. The van der Waals surface area contributed by atoms with Crippen LogP contribution in [0.5, 0.6) is 0 Å². The smallest absolute Gasteiger partial charge is 0.235 e. The van der Waals surface area contributed by atoms with Gasteiger partial charge in [-0.15, -0.1) is 5.10 Å². The first-order valence-corrected chi connectivity index (χ1v) is 9.91. The third-order valence-corrected chi connectivity index (χ3v) is 5.82. The minimum atomic E-state index is -0.224. The Balaban J connectivity index is 1.71. The van der Waals surface area contributed by atoms with Gasteiger partial charge in [-0.05, 0) is 54.9 Å². The van der Waals surface area contributed by atoms with Crippen LogP contribution in [-0.4, -0.2) is 73.9 Å². The second-order valence-corrected chi connectivity index (χ2v) is 7.99. The van der Waals surface area contributed by atoms with Gasteiger partial charge in [0.2, 0.25) is 11.1 Å². The van der Waals surface area contributed by atoms with Crippen molar-refractivity contribution >= 4 is 17.7 Å². The third kappa shape index (κ3) is 4.07. The van der Waals surface area contributed by atoms with Crippen molar-refractivity contribution in [1.82, 2.24) is 30.0 Å². The van der Waals surface area contributed by atoms with Crippen LogP contribution in [0.4, 0.5) is 0 Å². The van der Waals surface area contributed by atoms with Gasteiger partial charge in [0.1, 0.15) is 0 Å². The fourth-order valence-corrected chi connectivity index (χ4v) is 3.99. The number of thioether (sulfide) groups is 1. The van der Waals surface area contributed by atoms with Crippen LogP contribution >= 0.6 is 11.8 Å². The van der Waals surface area contributed by atoms with Gasteiger partial charge in [-0.3, -0.25) is 4.79 Å². The lowest BCUT2D eigenvalue weighted by molar-refractivity contribution is -0.132. The lowest BCUT2D eigenvalue weighted by atomic mass is 10.1. The van der Waals surface area contributed by atoms with Gasteiger partial charge < -0.3 is 9.80 Å². The van der Waals surface area contributed by atoms with Crippen LogP contribution in [0.2, 0.25) is 0 Å². The lowest BCUT2D eigenvalue weighted by Gasteiger charge is -2.35. The van der Waals surface area contributed by atoms with Crippen LogP contribution in [0.1, 0.15) is 25.0 Å². The molecule has 0 aliphatic carbocycles. The van der Waals surface area contributed by atoms with Gasteiger partial charge in [0.05, 0.1) is 10.9 Å². The summed E-state index contributed by atoms with van der Waals surface area (Å²) in [6, 6.07) is 6.19. The molecule has 1 atom stereocenters. The number of tetrazole rings is 1. The first-order chi connectivity index (χ1) is 12.5. The Labute approximate surface area is 158 Å². The summed E-state index contributed by atoms with van der Waals surface area (Å²) in [6.45, 7) is 12.7. The van der Waals surface area contributed by atoms with E-state index in [1.807, 2.05) is 25.7 Å². The molecule has 1 amide bonds. The molecule has 26 heavy (non-hydrogen) atoms. The highest BCUT2D eigenvalue weighted by Crippen LogP contribution is 2.26. The first kappa shape index (κ1) is 18.8. The summed E-state index contributed by atoms with van der Waals surface area (Å²) in [7, 11) is 0. The molecule has 3 rings (SSSR count). The number of rotatable bonds is 5. The fourth-order valence-electron chi connectivity index (χ4n) is 3.10. The molecule has 1 aromatic carbocycles. The number of aryl methyl sites for hydroxylation is 2. The highest BCUT2D eigenvalue weighted by molar-refractivity contribution is 8.00. The number of amides is 1. The number of carbonyl (C=O) groups excluding carboxylic acids is 1. The van der Waals surface area contributed by atoms with Crippen molar-refractivity contribution in [2.45, 2.75) is 38.1 Å². The Bertz CT molecular complexity index is 769. The SMILES string of the molecule is CCN1CCN(C(=O)[C@@H](C)Sc2nnnn2-c2cc(C)ccc2C)CC1. The van der Waals surface area contributed by atoms with Crippen LogP contribution in [-0.2, 0) is 4.79 Å². The van der Waals surface area contributed by atoms with Crippen molar-refractivity contribution in [3.63, 3.8) is 0 Å². The van der Waals surface area contributed by atoms with Gasteiger partial charge in [0.25, 0.3) is 0 Å². The molecule has 0 bridgehead atoms. The monoisotopic (exact) mass is 374 g/mol. The number of aromatic nitrogens is 4. The fraction of sp³-hybridized carbons (Fsp3) is 0.556. The zero-order chi connectivity index (χ0) is 18.7. The van der Waals surface area contributed by atoms with Crippen molar-refractivity contribution in [2.24, 2.45) is 0 Å². The molecule has 0 spiro atoms. The maximum absolute atomic E-state index is 12.8. The maximum Gasteiger partial charge on any atom is 0.235 e. The van der Waals surface area contributed by atoms with E-state index in [2.05, 4.69) is 45.5 Å². The molecule has 7 nitrogen and oxygen atoms in total. The van der Waals surface area contributed by atoms with Gasteiger partial charge in [-0.25, -0.2) is 0 Å². The Kier molecular flexibility index (Phi) is 5.93.